The van der Waals surface area contributed by atoms with E-state index in [0.29, 0.717) is 4.72 Å². The van der Waals surface area contributed by atoms with Crippen LogP contribution in [0.15, 0.2) is 12.2 Å². The average molecular weight is 267 g/mol. The summed E-state index contributed by atoms with van der Waals surface area (Å²) in [6.45, 7) is 3.82. The molecule has 94 valence electrons. The van der Waals surface area contributed by atoms with Gasteiger partial charge in [0.25, 0.3) is 5.91 Å². The molecule has 16 heavy (non-hydrogen) atoms. The number of amides is 1. The van der Waals surface area contributed by atoms with Crippen LogP contribution >= 0.6 is 0 Å². The summed E-state index contributed by atoms with van der Waals surface area (Å²) in [5.41, 5.74) is -0.526. The van der Waals surface area contributed by atoms with E-state index < -0.39 is 32.9 Å². The Morgan fingerprint density at radius 2 is 1.56 bits per heavy atom. The van der Waals surface area contributed by atoms with E-state index in [2.05, 4.69) is 6.58 Å². The molecule has 0 bridgehead atoms. The van der Waals surface area contributed by atoms with Crippen molar-refractivity contribution in [2.24, 2.45) is 0 Å². The summed E-state index contributed by atoms with van der Waals surface area (Å²) in [7, 11) is -6.18. The van der Waals surface area contributed by atoms with Crippen molar-refractivity contribution in [1.82, 2.24) is 4.72 Å². The molecule has 0 aromatic rings. The van der Waals surface area contributed by atoms with E-state index in [1.807, 2.05) is 0 Å². The molecule has 1 amide bonds. The molecule has 0 aromatic carbocycles. The molecule has 0 fully saturated rings. The van der Waals surface area contributed by atoms with E-state index in [9.17, 15) is 35.2 Å². The smallest absolute Gasteiger partial charge is 0.269 e. The molecule has 0 spiro atoms. The molecular weight excluding hydrogens is 261 g/mol. The minimum Gasteiger partial charge on any atom is -0.269 e. The minimum atomic E-state index is -6.31. The Labute approximate surface area is 87.2 Å². The summed E-state index contributed by atoms with van der Waals surface area (Å²) >= 11 is 0. The highest BCUT2D eigenvalue weighted by atomic mass is 32.2. The molecule has 0 aliphatic heterocycles. The lowest BCUT2D eigenvalue weighted by molar-refractivity contribution is -0.241. The van der Waals surface area contributed by atoms with Crippen molar-refractivity contribution in [1.29, 1.82) is 0 Å². The second-order valence-electron chi connectivity index (χ2n) is 2.73. The topological polar surface area (TPSA) is 63.2 Å². The highest BCUT2D eigenvalue weighted by Crippen LogP contribution is 2.39. The van der Waals surface area contributed by atoms with E-state index >= 15 is 0 Å². The number of alkyl halides is 5. The van der Waals surface area contributed by atoms with Gasteiger partial charge < -0.3 is 0 Å². The Balaban J connectivity index is 5.25. The first-order valence-corrected chi connectivity index (χ1v) is 4.98. The van der Waals surface area contributed by atoms with Gasteiger partial charge in [-0.15, -0.1) is 0 Å². The molecule has 0 aromatic heterocycles. The maximum Gasteiger partial charge on any atom is 0.471 e. The lowest BCUT2D eigenvalue weighted by atomic mass is 10.3. The lowest BCUT2D eigenvalue weighted by Gasteiger charge is -2.19. The van der Waals surface area contributed by atoms with E-state index in [-0.39, 0.29) is 0 Å². The van der Waals surface area contributed by atoms with E-state index in [1.54, 1.807) is 0 Å². The number of hydrogen-bond donors (Lipinski definition) is 1. The second-order valence-corrected chi connectivity index (χ2v) is 4.45. The number of sulfonamides is 1. The third-order valence-corrected chi connectivity index (χ3v) is 2.64. The molecule has 0 rings (SSSR count). The van der Waals surface area contributed by atoms with Gasteiger partial charge in [-0.05, 0) is 6.92 Å². The van der Waals surface area contributed by atoms with Crippen LogP contribution in [0.1, 0.15) is 6.92 Å². The number of rotatable bonds is 3. The Kier molecular flexibility index (Phi) is 3.70. The van der Waals surface area contributed by atoms with Gasteiger partial charge in [-0.25, -0.2) is 4.72 Å². The van der Waals surface area contributed by atoms with Crippen LogP contribution in [0.3, 0.4) is 0 Å². The molecule has 0 saturated carbocycles. The SMILES string of the molecule is C=C(C)C(=O)NS(=O)(=O)C(F)(F)C(F)(F)F. The predicted molar refractivity (Wildman–Crippen MR) is 42.9 cm³/mol. The average Bonchev–Trinajstić information content (AvgIpc) is 2.00. The molecule has 0 aliphatic carbocycles. The second kappa shape index (κ2) is 4.00. The quantitative estimate of drug-likeness (QED) is 0.616. The number of carbonyl (C=O) groups excluding carboxylic acids is 1. The Morgan fingerprint density at radius 3 is 1.81 bits per heavy atom. The number of halogens is 5. The summed E-state index contributed by atoms with van der Waals surface area (Å²) < 4.78 is 81.5. The summed E-state index contributed by atoms with van der Waals surface area (Å²) in [5, 5.41) is -6.05. The first-order valence-electron chi connectivity index (χ1n) is 3.49. The van der Waals surface area contributed by atoms with E-state index in [0.717, 1.165) is 6.92 Å². The molecule has 4 nitrogen and oxygen atoms in total. The van der Waals surface area contributed by atoms with Crippen molar-refractivity contribution in [3.8, 4) is 0 Å². The fourth-order valence-electron chi connectivity index (χ4n) is 0.426. The minimum absolute atomic E-state index is 0.526. The van der Waals surface area contributed by atoms with Gasteiger partial charge in [-0.2, -0.15) is 30.4 Å². The summed E-state index contributed by atoms with van der Waals surface area (Å²) in [5.74, 6) is -1.64. The van der Waals surface area contributed by atoms with Crippen LogP contribution in [-0.4, -0.2) is 25.8 Å². The van der Waals surface area contributed by atoms with Gasteiger partial charge in [0.05, 0.1) is 0 Å². The molecule has 0 saturated heterocycles. The number of carbonyl (C=O) groups is 1. The van der Waals surface area contributed by atoms with Gasteiger partial charge in [0.2, 0.25) is 0 Å². The molecule has 1 N–H and O–H groups in total. The maximum atomic E-state index is 12.4. The third-order valence-electron chi connectivity index (χ3n) is 1.28. The summed E-state index contributed by atoms with van der Waals surface area (Å²) in [4.78, 5) is 10.6. The summed E-state index contributed by atoms with van der Waals surface area (Å²) in [6.07, 6.45) is -6.31. The van der Waals surface area contributed by atoms with Crippen LogP contribution in [-0.2, 0) is 14.8 Å². The lowest BCUT2D eigenvalue weighted by Crippen LogP contribution is -2.51. The normalized spacial score (nSPS) is 13.4. The van der Waals surface area contributed by atoms with Gasteiger partial charge >= 0.3 is 21.5 Å². The van der Waals surface area contributed by atoms with Crippen LogP contribution < -0.4 is 4.72 Å². The first-order chi connectivity index (χ1) is 6.83. The summed E-state index contributed by atoms with van der Waals surface area (Å²) in [6, 6.07) is 0. The van der Waals surface area contributed by atoms with Crippen molar-refractivity contribution >= 4 is 15.9 Å². The predicted octanol–water partition coefficient (Wildman–Crippen LogP) is 1.16. The Hall–Kier alpha value is -1.19. The fourth-order valence-corrected chi connectivity index (χ4v) is 1.28. The van der Waals surface area contributed by atoms with Crippen molar-refractivity contribution in [3.63, 3.8) is 0 Å². The standard InChI is InChI=1S/C6H6F5NO3S/c1-3(2)4(13)12-16(14,15)6(10,11)5(7,8)9/h1H2,2H3,(H,12,13). The van der Waals surface area contributed by atoms with Gasteiger partial charge in [-0.3, -0.25) is 4.79 Å². The highest BCUT2D eigenvalue weighted by Gasteiger charge is 2.67. The molecule has 0 radical (unpaired) electrons. The number of hydrogen-bond acceptors (Lipinski definition) is 3. The van der Waals surface area contributed by atoms with Crippen molar-refractivity contribution in [2.75, 3.05) is 0 Å². The van der Waals surface area contributed by atoms with Crippen LogP contribution in [0.4, 0.5) is 22.0 Å². The number of nitrogens with one attached hydrogen (secondary N) is 1. The monoisotopic (exact) mass is 267 g/mol. The Morgan fingerprint density at radius 1 is 1.19 bits per heavy atom. The van der Waals surface area contributed by atoms with Gasteiger partial charge in [0, 0.05) is 5.57 Å². The van der Waals surface area contributed by atoms with Gasteiger partial charge in [-0.1, -0.05) is 6.58 Å². The first kappa shape index (κ1) is 14.8. The van der Waals surface area contributed by atoms with Gasteiger partial charge in [0.15, 0.2) is 0 Å². The molecule has 0 aliphatic rings. The molecule has 10 heteroatoms. The van der Waals surface area contributed by atoms with Crippen molar-refractivity contribution in [2.45, 2.75) is 18.4 Å². The molecule has 0 atom stereocenters. The molecule has 0 heterocycles. The fraction of sp³-hybridized carbons (Fsp3) is 0.500. The highest BCUT2D eigenvalue weighted by molar-refractivity contribution is 7.91. The zero-order chi connectivity index (χ0) is 13.4. The van der Waals surface area contributed by atoms with Gasteiger partial charge in [0.1, 0.15) is 0 Å². The van der Waals surface area contributed by atoms with E-state index in [4.69, 9.17) is 0 Å². The Bertz CT molecular complexity index is 410. The van der Waals surface area contributed by atoms with Crippen LogP contribution in [0.25, 0.3) is 0 Å². The van der Waals surface area contributed by atoms with Crippen LogP contribution in [0.5, 0.6) is 0 Å². The zero-order valence-electron chi connectivity index (χ0n) is 7.73. The van der Waals surface area contributed by atoms with Crippen LogP contribution in [0, 0.1) is 0 Å². The molecular formula is C6H6F5NO3S. The van der Waals surface area contributed by atoms with Crippen LogP contribution in [0.2, 0.25) is 0 Å². The third kappa shape index (κ3) is 2.68. The van der Waals surface area contributed by atoms with Crippen molar-refractivity contribution in [3.05, 3.63) is 12.2 Å². The maximum absolute atomic E-state index is 12.4. The molecule has 0 unspecified atom stereocenters. The van der Waals surface area contributed by atoms with Crippen molar-refractivity contribution < 1.29 is 35.2 Å². The van der Waals surface area contributed by atoms with E-state index in [1.165, 1.54) is 0 Å². The zero-order valence-corrected chi connectivity index (χ0v) is 8.55. The largest absolute Gasteiger partial charge is 0.471 e.